The average Bonchev–Trinajstić information content (AvgIpc) is 2.99. The number of ether oxygens (including phenoxy) is 2. The SMILES string of the molecule is O=C(NC1(Cc2ccc(Cl)cc2)CCOC1)N1CCOCC1. The van der Waals surface area contributed by atoms with E-state index in [1.165, 1.54) is 0 Å². The monoisotopic (exact) mass is 324 g/mol. The molecule has 2 saturated heterocycles. The minimum atomic E-state index is -0.330. The zero-order valence-corrected chi connectivity index (χ0v) is 13.3. The lowest BCUT2D eigenvalue weighted by atomic mass is 9.90. The number of carbonyl (C=O) groups is 1. The van der Waals surface area contributed by atoms with Crippen molar-refractivity contribution in [2.75, 3.05) is 39.5 Å². The molecule has 0 saturated carbocycles. The zero-order valence-electron chi connectivity index (χ0n) is 12.5. The molecule has 120 valence electrons. The van der Waals surface area contributed by atoms with E-state index in [1.54, 1.807) is 0 Å². The van der Waals surface area contributed by atoms with Crippen LogP contribution in [0.5, 0.6) is 0 Å². The first-order valence-corrected chi connectivity index (χ1v) is 8.02. The number of rotatable bonds is 3. The molecule has 0 spiro atoms. The Morgan fingerprint density at radius 2 is 1.91 bits per heavy atom. The molecule has 0 aliphatic carbocycles. The van der Waals surface area contributed by atoms with Gasteiger partial charge in [0.2, 0.25) is 0 Å². The van der Waals surface area contributed by atoms with E-state index in [-0.39, 0.29) is 11.6 Å². The van der Waals surface area contributed by atoms with Crippen LogP contribution in [0.4, 0.5) is 4.79 Å². The number of urea groups is 1. The van der Waals surface area contributed by atoms with E-state index in [0.29, 0.717) is 39.5 Å². The Labute approximate surface area is 135 Å². The van der Waals surface area contributed by atoms with Gasteiger partial charge in [-0.25, -0.2) is 4.79 Å². The number of halogens is 1. The van der Waals surface area contributed by atoms with Crippen LogP contribution in [-0.2, 0) is 15.9 Å². The molecule has 0 radical (unpaired) electrons. The van der Waals surface area contributed by atoms with Gasteiger partial charge in [-0.2, -0.15) is 0 Å². The second-order valence-electron chi connectivity index (χ2n) is 5.92. The normalized spacial score (nSPS) is 25.2. The van der Waals surface area contributed by atoms with Crippen LogP contribution in [0.1, 0.15) is 12.0 Å². The molecular formula is C16H21ClN2O3. The summed E-state index contributed by atoms with van der Waals surface area (Å²) in [5.74, 6) is 0. The van der Waals surface area contributed by atoms with Gasteiger partial charge < -0.3 is 19.7 Å². The molecule has 2 aliphatic heterocycles. The molecule has 0 aromatic heterocycles. The van der Waals surface area contributed by atoms with Crippen LogP contribution < -0.4 is 5.32 Å². The molecule has 1 unspecified atom stereocenters. The minimum Gasteiger partial charge on any atom is -0.379 e. The van der Waals surface area contributed by atoms with Gasteiger partial charge in [-0.05, 0) is 30.5 Å². The number of hydrogen-bond acceptors (Lipinski definition) is 3. The Morgan fingerprint density at radius 3 is 2.55 bits per heavy atom. The highest BCUT2D eigenvalue weighted by Crippen LogP contribution is 2.25. The summed E-state index contributed by atoms with van der Waals surface area (Å²) in [6.07, 6.45) is 1.58. The molecule has 5 nitrogen and oxygen atoms in total. The van der Waals surface area contributed by atoms with Gasteiger partial charge in [0.15, 0.2) is 0 Å². The van der Waals surface area contributed by atoms with E-state index in [9.17, 15) is 4.79 Å². The molecule has 6 heteroatoms. The number of benzene rings is 1. The van der Waals surface area contributed by atoms with Gasteiger partial charge in [-0.1, -0.05) is 23.7 Å². The Hall–Kier alpha value is -1.30. The largest absolute Gasteiger partial charge is 0.379 e. The third-order valence-electron chi connectivity index (χ3n) is 4.23. The first-order valence-electron chi connectivity index (χ1n) is 7.64. The fourth-order valence-corrected chi connectivity index (χ4v) is 3.08. The highest BCUT2D eigenvalue weighted by atomic mass is 35.5. The van der Waals surface area contributed by atoms with Crippen LogP contribution in [0.2, 0.25) is 5.02 Å². The highest BCUT2D eigenvalue weighted by molar-refractivity contribution is 6.30. The molecule has 1 N–H and O–H groups in total. The van der Waals surface area contributed by atoms with Crippen molar-refractivity contribution in [2.24, 2.45) is 0 Å². The number of morpholine rings is 1. The standard InChI is InChI=1S/C16H21ClN2O3/c17-14-3-1-13(2-4-14)11-16(5-8-22-12-16)18-15(20)19-6-9-21-10-7-19/h1-4H,5-12H2,(H,18,20). The van der Waals surface area contributed by atoms with Crippen molar-refractivity contribution in [3.05, 3.63) is 34.9 Å². The zero-order chi connectivity index (χ0) is 15.4. The number of carbonyl (C=O) groups excluding carboxylic acids is 1. The van der Waals surface area contributed by atoms with Crippen LogP contribution in [0.3, 0.4) is 0 Å². The fourth-order valence-electron chi connectivity index (χ4n) is 2.95. The van der Waals surface area contributed by atoms with Gasteiger partial charge in [0.05, 0.1) is 25.4 Å². The maximum absolute atomic E-state index is 12.5. The Morgan fingerprint density at radius 1 is 1.18 bits per heavy atom. The lowest BCUT2D eigenvalue weighted by Gasteiger charge is -2.34. The van der Waals surface area contributed by atoms with Gasteiger partial charge in [-0.15, -0.1) is 0 Å². The predicted molar refractivity (Wildman–Crippen MR) is 84.2 cm³/mol. The van der Waals surface area contributed by atoms with Crippen molar-refractivity contribution >= 4 is 17.6 Å². The van der Waals surface area contributed by atoms with E-state index < -0.39 is 0 Å². The van der Waals surface area contributed by atoms with E-state index in [0.717, 1.165) is 23.4 Å². The smallest absolute Gasteiger partial charge is 0.318 e. The minimum absolute atomic E-state index is 0.0252. The number of amides is 2. The molecule has 0 bridgehead atoms. The summed E-state index contributed by atoms with van der Waals surface area (Å²) in [4.78, 5) is 14.3. The van der Waals surface area contributed by atoms with Gasteiger partial charge in [0.25, 0.3) is 0 Å². The lowest BCUT2D eigenvalue weighted by Crippen LogP contribution is -2.56. The predicted octanol–water partition coefficient (Wildman–Crippen LogP) is 2.08. The van der Waals surface area contributed by atoms with Gasteiger partial charge >= 0.3 is 6.03 Å². The highest BCUT2D eigenvalue weighted by Gasteiger charge is 2.37. The summed E-state index contributed by atoms with van der Waals surface area (Å²) < 4.78 is 10.9. The Bertz CT molecular complexity index is 509. The second-order valence-corrected chi connectivity index (χ2v) is 6.35. The summed E-state index contributed by atoms with van der Waals surface area (Å²) in [6, 6.07) is 7.74. The third-order valence-corrected chi connectivity index (χ3v) is 4.48. The summed E-state index contributed by atoms with van der Waals surface area (Å²) in [6.45, 7) is 3.72. The maximum atomic E-state index is 12.5. The molecule has 2 heterocycles. The van der Waals surface area contributed by atoms with Crippen LogP contribution >= 0.6 is 11.6 Å². The van der Waals surface area contributed by atoms with Crippen LogP contribution in [0, 0.1) is 0 Å². The Kier molecular flexibility index (Phi) is 4.86. The molecule has 3 rings (SSSR count). The average molecular weight is 325 g/mol. The summed E-state index contributed by atoms with van der Waals surface area (Å²) in [5.41, 5.74) is 0.820. The topological polar surface area (TPSA) is 50.8 Å². The number of nitrogens with zero attached hydrogens (tertiary/aromatic N) is 1. The lowest BCUT2D eigenvalue weighted by molar-refractivity contribution is 0.0503. The Balaban J connectivity index is 1.68. The molecule has 1 atom stereocenters. The molecule has 1 aromatic carbocycles. The maximum Gasteiger partial charge on any atom is 0.318 e. The number of nitrogens with one attached hydrogen (secondary N) is 1. The van der Waals surface area contributed by atoms with Crippen molar-refractivity contribution in [3.8, 4) is 0 Å². The second kappa shape index (κ2) is 6.86. The van der Waals surface area contributed by atoms with E-state index >= 15 is 0 Å². The van der Waals surface area contributed by atoms with Crippen LogP contribution in [-0.4, -0.2) is 56.0 Å². The van der Waals surface area contributed by atoms with Crippen molar-refractivity contribution in [1.82, 2.24) is 10.2 Å². The first-order chi connectivity index (χ1) is 10.7. The molecular weight excluding hydrogens is 304 g/mol. The molecule has 2 aliphatic rings. The van der Waals surface area contributed by atoms with E-state index in [4.69, 9.17) is 21.1 Å². The van der Waals surface area contributed by atoms with E-state index in [2.05, 4.69) is 5.32 Å². The van der Waals surface area contributed by atoms with Crippen LogP contribution in [0.25, 0.3) is 0 Å². The van der Waals surface area contributed by atoms with Crippen molar-refractivity contribution in [1.29, 1.82) is 0 Å². The third kappa shape index (κ3) is 3.72. The quantitative estimate of drug-likeness (QED) is 0.926. The first kappa shape index (κ1) is 15.6. The fraction of sp³-hybridized carbons (Fsp3) is 0.562. The molecule has 2 fully saturated rings. The van der Waals surface area contributed by atoms with Crippen molar-refractivity contribution in [2.45, 2.75) is 18.4 Å². The summed E-state index contributed by atoms with van der Waals surface area (Å²) in [5, 5.41) is 3.92. The van der Waals surface area contributed by atoms with Crippen molar-refractivity contribution < 1.29 is 14.3 Å². The van der Waals surface area contributed by atoms with Gasteiger partial charge in [-0.3, -0.25) is 0 Å². The summed E-state index contributed by atoms with van der Waals surface area (Å²) in [7, 11) is 0. The van der Waals surface area contributed by atoms with E-state index in [1.807, 2.05) is 29.2 Å². The van der Waals surface area contributed by atoms with Gasteiger partial charge in [0, 0.05) is 24.7 Å². The van der Waals surface area contributed by atoms with Crippen LogP contribution in [0.15, 0.2) is 24.3 Å². The molecule has 2 amide bonds. The molecule has 22 heavy (non-hydrogen) atoms. The van der Waals surface area contributed by atoms with Crippen molar-refractivity contribution in [3.63, 3.8) is 0 Å². The van der Waals surface area contributed by atoms with Gasteiger partial charge in [0.1, 0.15) is 0 Å². The summed E-state index contributed by atoms with van der Waals surface area (Å²) >= 11 is 5.94. The number of hydrogen-bond donors (Lipinski definition) is 1. The molecule has 1 aromatic rings.